The highest BCUT2D eigenvalue weighted by molar-refractivity contribution is 14.1. The Morgan fingerprint density at radius 2 is 2.40 bits per heavy atom. The first-order valence-corrected chi connectivity index (χ1v) is 6.77. The van der Waals surface area contributed by atoms with Crippen LogP contribution in [0.1, 0.15) is 26.2 Å². The Morgan fingerprint density at radius 3 is 2.80 bits per heavy atom. The van der Waals surface area contributed by atoms with Crippen molar-refractivity contribution in [1.82, 2.24) is 4.90 Å². The van der Waals surface area contributed by atoms with Crippen molar-refractivity contribution in [2.45, 2.75) is 32.2 Å². The Balaban J connectivity index is 2.64. The van der Waals surface area contributed by atoms with E-state index in [1.54, 1.807) is 4.90 Å². The van der Waals surface area contributed by atoms with Crippen LogP contribution < -0.4 is 5.73 Å². The fraction of sp³-hybridized carbons (Fsp3) is 0.800. The van der Waals surface area contributed by atoms with E-state index in [0.717, 1.165) is 10.8 Å². The summed E-state index contributed by atoms with van der Waals surface area (Å²) in [5.41, 5.74) is 5.27. The first kappa shape index (κ1) is 12.7. The topological polar surface area (TPSA) is 63.4 Å². The molecule has 1 unspecified atom stereocenters. The van der Waals surface area contributed by atoms with Crippen LogP contribution in [0.15, 0.2) is 0 Å². The molecule has 0 bridgehead atoms. The van der Waals surface area contributed by atoms with Gasteiger partial charge in [-0.15, -0.1) is 0 Å². The quantitative estimate of drug-likeness (QED) is 0.617. The molecule has 1 saturated heterocycles. The number of piperidine rings is 1. The summed E-state index contributed by atoms with van der Waals surface area (Å²) in [6.45, 7) is 2.56. The Labute approximate surface area is 104 Å². The molecule has 1 fully saturated rings. The first-order valence-electron chi connectivity index (χ1n) is 5.24. The van der Waals surface area contributed by atoms with E-state index in [2.05, 4.69) is 22.6 Å². The predicted octanol–water partition coefficient (Wildman–Crippen LogP) is 0.924. The Morgan fingerprint density at radius 1 is 1.73 bits per heavy atom. The van der Waals surface area contributed by atoms with Crippen LogP contribution in [0.3, 0.4) is 0 Å². The first-order chi connectivity index (χ1) is 7.10. The Hall–Kier alpha value is -0.330. The van der Waals surface area contributed by atoms with Crippen molar-refractivity contribution in [3.8, 4) is 0 Å². The molecular formula is C10H17IN2O2. The second-order valence-electron chi connectivity index (χ2n) is 3.93. The zero-order valence-electron chi connectivity index (χ0n) is 8.91. The molecule has 2 N–H and O–H groups in total. The number of nitrogens with two attached hydrogens (primary N) is 1. The van der Waals surface area contributed by atoms with E-state index in [1.165, 1.54) is 0 Å². The molecule has 0 aromatic carbocycles. The normalized spacial score (nSPS) is 24.0. The van der Waals surface area contributed by atoms with Crippen LogP contribution in [0.25, 0.3) is 0 Å². The van der Waals surface area contributed by atoms with Gasteiger partial charge in [-0.25, -0.2) is 0 Å². The van der Waals surface area contributed by atoms with Gasteiger partial charge in [-0.3, -0.25) is 9.59 Å². The number of hydrogen-bond donors (Lipinski definition) is 1. The zero-order valence-corrected chi connectivity index (χ0v) is 11.1. The van der Waals surface area contributed by atoms with Crippen LogP contribution in [-0.4, -0.2) is 33.7 Å². The zero-order chi connectivity index (χ0) is 11.4. The summed E-state index contributed by atoms with van der Waals surface area (Å²) in [6, 6.07) is -0.410. The maximum atomic E-state index is 11.8. The van der Waals surface area contributed by atoms with E-state index < -0.39 is 11.9 Å². The Bertz CT molecular complexity index is 258. The van der Waals surface area contributed by atoms with Crippen LogP contribution >= 0.6 is 22.6 Å². The molecular weight excluding hydrogens is 307 g/mol. The van der Waals surface area contributed by atoms with Crippen LogP contribution in [-0.2, 0) is 9.59 Å². The summed E-state index contributed by atoms with van der Waals surface area (Å²) >= 11 is 2.30. The molecule has 1 heterocycles. The molecule has 0 aromatic rings. The lowest BCUT2D eigenvalue weighted by Crippen LogP contribution is -2.51. The summed E-state index contributed by atoms with van der Waals surface area (Å²) in [4.78, 5) is 24.6. The maximum absolute atomic E-state index is 11.8. The minimum absolute atomic E-state index is 0.0774. The maximum Gasteiger partial charge on any atom is 0.240 e. The average molecular weight is 324 g/mol. The smallest absolute Gasteiger partial charge is 0.240 e. The summed E-state index contributed by atoms with van der Waals surface area (Å²) < 4.78 is 1.00. The third-order valence-electron chi connectivity index (χ3n) is 2.87. The minimum Gasteiger partial charge on any atom is -0.368 e. The van der Waals surface area contributed by atoms with Gasteiger partial charge in [0.05, 0.1) is 0 Å². The van der Waals surface area contributed by atoms with Gasteiger partial charge in [0.1, 0.15) is 6.04 Å². The number of carbonyl (C=O) groups is 2. The predicted molar refractivity (Wildman–Crippen MR) is 66.6 cm³/mol. The molecule has 0 radical (unpaired) electrons. The largest absolute Gasteiger partial charge is 0.368 e. The summed E-state index contributed by atoms with van der Waals surface area (Å²) in [6.07, 6.45) is 2.15. The van der Waals surface area contributed by atoms with Crippen molar-refractivity contribution < 1.29 is 9.59 Å². The molecule has 0 saturated carbocycles. The monoisotopic (exact) mass is 324 g/mol. The third kappa shape index (κ3) is 3.06. The molecule has 4 nitrogen and oxygen atoms in total. The molecule has 86 valence electrons. The van der Waals surface area contributed by atoms with E-state index in [-0.39, 0.29) is 5.91 Å². The van der Waals surface area contributed by atoms with Crippen LogP contribution in [0.2, 0.25) is 0 Å². The van der Waals surface area contributed by atoms with Crippen molar-refractivity contribution >= 4 is 34.4 Å². The molecule has 0 aromatic heterocycles. The van der Waals surface area contributed by atoms with Crippen molar-refractivity contribution in [2.75, 3.05) is 11.0 Å². The van der Waals surface area contributed by atoms with Gasteiger partial charge in [0.2, 0.25) is 11.8 Å². The lowest BCUT2D eigenvalue weighted by atomic mass is 9.96. The summed E-state index contributed by atoms with van der Waals surface area (Å²) in [5, 5.41) is 0. The lowest BCUT2D eigenvalue weighted by Gasteiger charge is -2.35. The molecule has 0 aliphatic carbocycles. The fourth-order valence-corrected chi connectivity index (χ4v) is 2.70. The van der Waals surface area contributed by atoms with Gasteiger partial charge in [-0.2, -0.15) is 0 Å². The highest BCUT2D eigenvalue weighted by atomic mass is 127. The van der Waals surface area contributed by atoms with Crippen molar-refractivity contribution in [2.24, 2.45) is 11.7 Å². The van der Waals surface area contributed by atoms with E-state index >= 15 is 0 Å². The van der Waals surface area contributed by atoms with Crippen LogP contribution in [0, 0.1) is 5.92 Å². The summed E-state index contributed by atoms with van der Waals surface area (Å²) in [7, 11) is 0. The van der Waals surface area contributed by atoms with Crippen molar-refractivity contribution in [3.63, 3.8) is 0 Å². The van der Waals surface area contributed by atoms with Crippen LogP contribution in [0.4, 0.5) is 0 Å². The molecule has 2 atom stereocenters. The van der Waals surface area contributed by atoms with Gasteiger partial charge in [0.15, 0.2) is 0 Å². The molecule has 1 rings (SSSR count). The molecule has 0 spiro atoms. The number of nitrogens with zero attached hydrogens (tertiary/aromatic N) is 1. The standard InChI is InChI=1S/C10H17IN2O2/c1-2-8(10(12)15)13-4-3-7(6-11)5-9(13)14/h7-8H,2-6H2,1H3,(H2,12,15)/t7?,8-/m1/s1. The van der Waals surface area contributed by atoms with Gasteiger partial charge >= 0.3 is 0 Å². The van der Waals surface area contributed by atoms with Gasteiger partial charge in [0.25, 0.3) is 0 Å². The second-order valence-corrected chi connectivity index (χ2v) is 4.81. The lowest BCUT2D eigenvalue weighted by molar-refractivity contribution is -0.142. The summed E-state index contributed by atoms with van der Waals surface area (Å²) in [5.74, 6) is 0.159. The number of halogens is 1. The number of likely N-dealkylation sites (tertiary alicyclic amines) is 1. The van der Waals surface area contributed by atoms with Gasteiger partial charge in [-0.1, -0.05) is 29.5 Å². The second kappa shape index (κ2) is 5.67. The van der Waals surface area contributed by atoms with Crippen molar-refractivity contribution in [3.05, 3.63) is 0 Å². The molecule has 1 aliphatic rings. The Kier molecular flexibility index (Phi) is 4.82. The minimum atomic E-state index is -0.410. The van der Waals surface area contributed by atoms with Gasteiger partial charge in [-0.05, 0) is 18.8 Å². The number of carbonyl (C=O) groups excluding carboxylic acids is 2. The van der Waals surface area contributed by atoms with E-state index in [9.17, 15) is 9.59 Å². The number of amides is 2. The molecule has 1 aliphatic heterocycles. The van der Waals surface area contributed by atoms with Gasteiger partial charge in [0, 0.05) is 17.4 Å². The van der Waals surface area contributed by atoms with E-state index in [1.807, 2.05) is 6.92 Å². The number of hydrogen-bond acceptors (Lipinski definition) is 2. The van der Waals surface area contributed by atoms with E-state index in [4.69, 9.17) is 5.73 Å². The SMILES string of the molecule is CC[C@H](C(N)=O)N1CCC(CI)CC1=O. The van der Waals surface area contributed by atoms with Crippen molar-refractivity contribution in [1.29, 1.82) is 0 Å². The van der Waals surface area contributed by atoms with Crippen LogP contribution in [0.5, 0.6) is 0 Å². The molecule has 2 amide bonds. The molecule has 5 heteroatoms. The number of rotatable bonds is 4. The number of primary amides is 1. The third-order valence-corrected chi connectivity index (χ3v) is 4.12. The van der Waals surface area contributed by atoms with Gasteiger partial charge < -0.3 is 10.6 Å². The highest BCUT2D eigenvalue weighted by Crippen LogP contribution is 2.22. The highest BCUT2D eigenvalue weighted by Gasteiger charge is 2.31. The number of alkyl halides is 1. The fourth-order valence-electron chi connectivity index (χ4n) is 1.95. The van der Waals surface area contributed by atoms with E-state index in [0.29, 0.717) is 25.3 Å². The molecule has 15 heavy (non-hydrogen) atoms. The average Bonchev–Trinajstić information content (AvgIpc) is 2.20.